The number of ether oxygens (including phenoxy) is 3. The summed E-state index contributed by atoms with van der Waals surface area (Å²) in [4.78, 5) is 33.2. The Kier molecular flexibility index (Phi) is 7.73. The van der Waals surface area contributed by atoms with Gasteiger partial charge in [-0.15, -0.1) is 0 Å². The summed E-state index contributed by atoms with van der Waals surface area (Å²) in [6.07, 6.45) is 1.31. The number of fused-ring (bicyclic) bond motifs is 3. The molecule has 3 saturated heterocycles. The molecule has 0 radical (unpaired) electrons. The van der Waals surface area contributed by atoms with Crippen molar-refractivity contribution in [3.05, 3.63) is 78.0 Å². The highest BCUT2D eigenvalue weighted by molar-refractivity contribution is 6.06. The average Bonchev–Trinajstić information content (AvgIpc) is 3.69. The van der Waals surface area contributed by atoms with E-state index in [1.165, 1.54) is 4.90 Å². The Hall–Kier alpha value is -5.39. The zero-order valence-electron chi connectivity index (χ0n) is 26.3. The molecule has 3 fully saturated rings. The van der Waals surface area contributed by atoms with E-state index in [4.69, 9.17) is 18.6 Å². The molecule has 3 aliphatic heterocycles. The molecule has 1 spiro atoms. The molecule has 0 unspecified atom stereocenters. The lowest BCUT2D eigenvalue weighted by molar-refractivity contribution is -0.228. The third-order valence-corrected chi connectivity index (χ3v) is 9.31. The van der Waals surface area contributed by atoms with Crippen LogP contribution in [-0.4, -0.2) is 87.7 Å². The summed E-state index contributed by atoms with van der Waals surface area (Å²) in [5, 5.41) is 10.8. The van der Waals surface area contributed by atoms with Crippen molar-refractivity contribution in [3.63, 3.8) is 0 Å². The molecular weight excluding hydrogens is 638 g/mol. The van der Waals surface area contributed by atoms with E-state index in [1.807, 2.05) is 18.2 Å². The number of carboxylic acids is 1. The number of benzene rings is 1. The molecule has 5 aromatic rings. The second-order valence-electron chi connectivity index (χ2n) is 12.3. The highest BCUT2D eigenvalue weighted by Crippen LogP contribution is 2.41. The van der Waals surface area contributed by atoms with Crippen molar-refractivity contribution in [2.75, 3.05) is 42.7 Å². The number of anilines is 2. The quantitative estimate of drug-likeness (QED) is 0.253. The van der Waals surface area contributed by atoms with Gasteiger partial charge in [-0.25, -0.2) is 28.5 Å². The number of nitrogens with zero attached hydrogens (tertiary/aromatic N) is 6. The average molecular weight is 669 g/mol. The van der Waals surface area contributed by atoms with Crippen LogP contribution in [0, 0.1) is 11.8 Å². The van der Waals surface area contributed by atoms with Crippen LogP contribution < -0.4 is 14.5 Å². The van der Waals surface area contributed by atoms with E-state index in [0.717, 1.165) is 5.56 Å². The molecule has 0 saturated carbocycles. The Balaban J connectivity index is 1.16. The van der Waals surface area contributed by atoms with Crippen LogP contribution in [0.1, 0.15) is 36.7 Å². The van der Waals surface area contributed by atoms with E-state index in [9.17, 15) is 18.7 Å². The zero-order valence-corrected chi connectivity index (χ0v) is 26.3. The highest BCUT2D eigenvalue weighted by Gasteiger charge is 2.50. The van der Waals surface area contributed by atoms with Crippen molar-refractivity contribution in [2.45, 2.75) is 43.6 Å². The highest BCUT2D eigenvalue weighted by atomic mass is 19.3. The molecule has 49 heavy (non-hydrogen) atoms. The van der Waals surface area contributed by atoms with Gasteiger partial charge in [0.05, 0.1) is 32.4 Å². The summed E-state index contributed by atoms with van der Waals surface area (Å²) in [7, 11) is 0. The van der Waals surface area contributed by atoms with E-state index in [1.54, 1.807) is 42.9 Å². The third-order valence-electron chi connectivity index (χ3n) is 9.31. The number of hydrogen-bond acceptors (Lipinski definition) is 11. The fourth-order valence-corrected chi connectivity index (χ4v) is 6.68. The molecule has 0 amide bonds. The Bertz CT molecular complexity index is 2110. The van der Waals surface area contributed by atoms with Gasteiger partial charge >= 0.3 is 5.97 Å². The first-order valence-electron chi connectivity index (χ1n) is 15.8. The Labute approximate surface area is 278 Å². The Morgan fingerprint density at radius 1 is 1.10 bits per heavy atom. The number of alkyl halides is 2. The first-order chi connectivity index (χ1) is 23.8. The van der Waals surface area contributed by atoms with Crippen molar-refractivity contribution in [2.24, 2.45) is 0 Å². The van der Waals surface area contributed by atoms with Gasteiger partial charge in [-0.2, -0.15) is 0 Å². The summed E-state index contributed by atoms with van der Waals surface area (Å²) >= 11 is 0. The van der Waals surface area contributed by atoms with Crippen LogP contribution in [0.15, 0.2) is 65.5 Å². The van der Waals surface area contributed by atoms with Crippen LogP contribution in [0.5, 0.6) is 5.88 Å². The van der Waals surface area contributed by atoms with Crippen LogP contribution in [0.4, 0.5) is 20.3 Å². The number of aliphatic carboxylic acids is 1. The molecule has 12 nitrogen and oxygen atoms in total. The predicted octanol–water partition coefficient (Wildman–Crippen LogP) is 4.61. The molecule has 250 valence electrons. The molecule has 14 heteroatoms. The molecule has 1 aromatic carbocycles. The van der Waals surface area contributed by atoms with E-state index >= 15 is 0 Å². The number of hydrogen-bond donors (Lipinski definition) is 1. The summed E-state index contributed by atoms with van der Waals surface area (Å²) in [6, 6.07) is 11.2. The fourth-order valence-electron chi connectivity index (χ4n) is 6.68. The molecule has 0 bridgehead atoms. The molecule has 4 aromatic heterocycles. The van der Waals surface area contributed by atoms with Crippen molar-refractivity contribution >= 4 is 39.5 Å². The lowest BCUT2D eigenvalue weighted by Crippen LogP contribution is -2.68. The number of carbonyl (C=O) groups is 1. The largest absolute Gasteiger partial charge is 0.480 e. The van der Waals surface area contributed by atoms with Crippen LogP contribution in [0.25, 0.3) is 22.1 Å². The Morgan fingerprint density at radius 2 is 1.94 bits per heavy atom. The minimum Gasteiger partial charge on any atom is -0.480 e. The summed E-state index contributed by atoms with van der Waals surface area (Å²) < 4.78 is 52.3. The number of halogens is 2. The van der Waals surface area contributed by atoms with Gasteiger partial charge in [0, 0.05) is 48.1 Å². The number of morpholine rings is 1. The van der Waals surface area contributed by atoms with Gasteiger partial charge in [-0.1, -0.05) is 24.0 Å². The van der Waals surface area contributed by atoms with Gasteiger partial charge in [0.25, 0.3) is 6.43 Å². The first kappa shape index (κ1) is 30.9. The van der Waals surface area contributed by atoms with Crippen LogP contribution in [0.3, 0.4) is 0 Å². The minimum atomic E-state index is -2.99. The molecule has 0 aliphatic carbocycles. The molecule has 8 rings (SSSR count). The second kappa shape index (κ2) is 12.2. The van der Waals surface area contributed by atoms with E-state index in [2.05, 4.69) is 43.6 Å². The molecule has 3 atom stereocenters. The third kappa shape index (κ3) is 5.54. The number of carboxylic acid groups (broad SMARTS) is 1. The maximum Gasteiger partial charge on any atom is 0.326 e. The van der Waals surface area contributed by atoms with Crippen molar-refractivity contribution in [3.8, 4) is 17.7 Å². The van der Waals surface area contributed by atoms with Crippen molar-refractivity contribution in [1.82, 2.24) is 19.9 Å². The fraction of sp³-hybridized carbons (Fsp3) is 0.343. The van der Waals surface area contributed by atoms with Gasteiger partial charge in [0.1, 0.15) is 34.5 Å². The maximum atomic E-state index is 14.1. The molecular formula is C35H30F2N6O6. The van der Waals surface area contributed by atoms with Crippen LogP contribution in [-0.2, 0) is 14.3 Å². The second-order valence-corrected chi connectivity index (χ2v) is 12.3. The van der Waals surface area contributed by atoms with Crippen LogP contribution >= 0.6 is 0 Å². The normalized spacial score (nSPS) is 21.6. The van der Waals surface area contributed by atoms with Crippen molar-refractivity contribution < 1.29 is 37.3 Å². The topological polar surface area (TPSA) is 136 Å². The van der Waals surface area contributed by atoms with Gasteiger partial charge in [-0.3, -0.25) is 4.98 Å². The maximum absolute atomic E-state index is 14.1. The van der Waals surface area contributed by atoms with Gasteiger partial charge in [0.2, 0.25) is 5.88 Å². The number of furan rings is 1. The number of rotatable bonds is 6. The SMILES string of the molecule is C[C@@H]1N(c2cc(C#Cc3cccnc3)cnc2O[C@H]2C[C@@H](C(=O)O)N(c3nc(C(F)F)nc4c3oc3ccccc34)C2)CCOC12COC2. The van der Waals surface area contributed by atoms with Gasteiger partial charge in [0.15, 0.2) is 17.2 Å². The smallest absolute Gasteiger partial charge is 0.326 e. The van der Waals surface area contributed by atoms with E-state index < -0.39 is 36.0 Å². The lowest BCUT2D eigenvalue weighted by Gasteiger charge is -2.53. The minimum absolute atomic E-state index is 0.0168. The molecule has 1 N–H and O–H groups in total. The van der Waals surface area contributed by atoms with Gasteiger partial charge in [-0.05, 0) is 37.3 Å². The number of para-hydroxylation sites is 1. The lowest BCUT2D eigenvalue weighted by atomic mass is 9.90. The van der Waals surface area contributed by atoms with Crippen LogP contribution in [0.2, 0.25) is 0 Å². The zero-order chi connectivity index (χ0) is 33.7. The molecule has 3 aliphatic rings. The van der Waals surface area contributed by atoms with E-state index in [-0.39, 0.29) is 41.8 Å². The monoisotopic (exact) mass is 668 g/mol. The molecule has 7 heterocycles. The summed E-state index contributed by atoms with van der Waals surface area (Å²) in [6.45, 7) is 4.01. The summed E-state index contributed by atoms with van der Waals surface area (Å²) in [5.41, 5.74) is 2.33. The summed E-state index contributed by atoms with van der Waals surface area (Å²) in [5.74, 6) is 4.65. The standard InChI is InChI=1S/C35H30F2N6O6/c1-20-35(18-46-19-35)47-12-11-42(20)25-13-22(9-8-21-5-4-10-38-15-21)16-39-33(25)48-23-14-26(34(44)45)43(17-23)32-29-28(40-31(41-32)30(36)37)24-6-2-3-7-27(24)49-29/h2-7,10,13,15-16,20,23,26,30H,11-12,14,17-19H2,1H3,(H,44,45)/t20-,23-,26-/m0/s1. The first-order valence-corrected chi connectivity index (χ1v) is 15.8. The van der Waals surface area contributed by atoms with Gasteiger partial charge < -0.3 is 33.5 Å². The number of aromatic nitrogens is 4. The predicted molar refractivity (Wildman–Crippen MR) is 173 cm³/mol. The number of pyridine rings is 2. The van der Waals surface area contributed by atoms with Crippen molar-refractivity contribution in [1.29, 1.82) is 0 Å². The van der Waals surface area contributed by atoms with E-state index in [0.29, 0.717) is 48.6 Å². The Morgan fingerprint density at radius 3 is 2.69 bits per heavy atom.